The maximum Gasteiger partial charge on any atom is 0.235 e. The topological polar surface area (TPSA) is 43.6 Å². The van der Waals surface area contributed by atoms with Gasteiger partial charge in [-0.2, -0.15) is 0 Å². The molecule has 0 atom stereocenters. The second-order valence-electron chi connectivity index (χ2n) is 9.66. The van der Waals surface area contributed by atoms with E-state index in [9.17, 15) is 0 Å². The van der Waals surface area contributed by atoms with E-state index in [0.717, 1.165) is 33.1 Å². The third-order valence-corrected chi connectivity index (χ3v) is 9.96. The summed E-state index contributed by atoms with van der Waals surface area (Å²) in [7, 11) is 0. The van der Waals surface area contributed by atoms with E-state index in [2.05, 4.69) is 89.5 Å². The van der Waals surface area contributed by atoms with Crippen LogP contribution in [0.5, 0.6) is 0 Å². The second-order valence-corrected chi connectivity index (χ2v) is 11.8. The lowest BCUT2D eigenvalue weighted by atomic mass is 10.0. The lowest BCUT2D eigenvalue weighted by molar-refractivity contribution is 1.02. The summed E-state index contributed by atoms with van der Waals surface area (Å²) >= 11 is 3.70. The van der Waals surface area contributed by atoms with Crippen LogP contribution >= 0.6 is 22.7 Å². The highest BCUT2D eigenvalue weighted by atomic mass is 32.1. The van der Waals surface area contributed by atoms with Crippen molar-refractivity contribution in [3.63, 3.8) is 0 Å². The second kappa shape index (κ2) is 7.93. The minimum absolute atomic E-state index is 0.673. The van der Waals surface area contributed by atoms with E-state index in [0.29, 0.717) is 5.95 Å². The van der Waals surface area contributed by atoms with Crippen LogP contribution in [-0.4, -0.2) is 19.5 Å². The molecule has 4 nitrogen and oxygen atoms in total. The lowest BCUT2D eigenvalue weighted by Crippen LogP contribution is -2.04. The molecule has 9 aromatic rings. The first-order valence-electron chi connectivity index (χ1n) is 12.8. The van der Waals surface area contributed by atoms with Gasteiger partial charge < -0.3 is 0 Å². The molecule has 0 spiro atoms. The van der Waals surface area contributed by atoms with E-state index in [1.807, 2.05) is 47.1 Å². The summed E-state index contributed by atoms with van der Waals surface area (Å²) in [6.07, 6.45) is 1.83. The third kappa shape index (κ3) is 2.95. The van der Waals surface area contributed by atoms with E-state index < -0.39 is 0 Å². The van der Waals surface area contributed by atoms with Crippen molar-refractivity contribution in [3.8, 4) is 17.3 Å². The summed E-state index contributed by atoms with van der Waals surface area (Å²) in [5, 5.41) is 5.73. The Labute approximate surface area is 230 Å². The van der Waals surface area contributed by atoms with Crippen LogP contribution in [0.3, 0.4) is 0 Å². The maximum atomic E-state index is 5.34. The highest BCUT2D eigenvalue weighted by molar-refractivity contribution is 7.33. The van der Waals surface area contributed by atoms with Crippen molar-refractivity contribution in [2.45, 2.75) is 0 Å². The Kier molecular flexibility index (Phi) is 4.33. The van der Waals surface area contributed by atoms with Crippen LogP contribution in [0.25, 0.3) is 79.6 Å². The first-order valence-corrected chi connectivity index (χ1v) is 14.4. The molecule has 6 heteroatoms. The molecule has 4 aromatic carbocycles. The van der Waals surface area contributed by atoms with Gasteiger partial charge in [0, 0.05) is 37.1 Å². The van der Waals surface area contributed by atoms with Gasteiger partial charge in [0.05, 0.1) is 31.6 Å². The Morgan fingerprint density at radius 1 is 0.538 bits per heavy atom. The largest absolute Gasteiger partial charge is 0.275 e. The number of hydrogen-bond acceptors (Lipinski definition) is 5. The van der Waals surface area contributed by atoms with E-state index in [1.54, 1.807) is 0 Å². The van der Waals surface area contributed by atoms with E-state index in [4.69, 9.17) is 15.0 Å². The molecule has 5 heterocycles. The zero-order valence-electron chi connectivity index (χ0n) is 20.5. The fourth-order valence-electron chi connectivity index (χ4n) is 5.78. The van der Waals surface area contributed by atoms with Crippen molar-refractivity contribution in [2.75, 3.05) is 0 Å². The molecule has 0 saturated carbocycles. The van der Waals surface area contributed by atoms with Crippen molar-refractivity contribution >= 4 is 85.0 Å². The van der Waals surface area contributed by atoms with Crippen LogP contribution in [-0.2, 0) is 0 Å². The summed E-state index contributed by atoms with van der Waals surface area (Å²) in [6, 6.07) is 36.0. The summed E-state index contributed by atoms with van der Waals surface area (Å²) in [5.41, 5.74) is 4.97. The Morgan fingerprint density at radius 3 is 1.87 bits per heavy atom. The van der Waals surface area contributed by atoms with Crippen LogP contribution in [0.15, 0.2) is 109 Å². The molecule has 0 N–H and O–H groups in total. The standard InChI is InChI=1S/C33H18N4S2/c1-2-10-20-19(9-1)16-17-23-27(20)35-33(36-28(23)24-13-7-8-18-34-24)37-29-21-11-3-5-14-25(21)38-31(29)32-30(37)22-12-4-6-15-26(22)39-32/h1-18H. The number of hydrogen-bond donors (Lipinski definition) is 0. The molecule has 0 bridgehead atoms. The molecule has 5 aromatic heterocycles. The Balaban J connectivity index is 1.52. The van der Waals surface area contributed by atoms with Gasteiger partial charge in [0.2, 0.25) is 5.95 Å². The van der Waals surface area contributed by atoms with Crippen molar-refractivity contribution in [2.24, 2.45) is 0 Å². The predicted molar refractivity (Wildman–Crippen MR) is 165 cm³/mol. The average Bonchev–Trinajstić information content (AvgIpc) is 3.65. The number of rotatable bonds is 2. The molecule has 0 aliphatic rings. The molecule has 0 saturated heterocycles. The van der Waals surface area contributed by atoms with Gasteiger partial charge in [-0.3, -0.25) is 9.55 Å². The number of pyridine rings is 1. The summed E-state index contributed by atoms with van der Waals surface area (Å²) < 4.78 is 7.41. The molecule has 0 aliphatic heterocycles. The molecular weight excluding hydrogens is 517 g/mol. The molecule has 0 aliphatic carbocycles. The molecule has 0 amide bonds. The number of benzene rings is 4. The molecule has 9 rings (SSSR count). The monoisotopic (exact) mass is 534 g/mol. The van der Waals surface area contributed by atoms with Crippen LogP contribution in [0.1, 0.15) is 0 Å². The predicted octanol–water partition coefficient (Wildman–Crippen LogP) is 9.37. The van der Waals surface area contributed by atoms with Crippen LogP contribution < -0.4 is 0 Å². The zero-order valence-corrected chi connectivity index (χ0v) is 22.1. The Morgan fingerprint density at radius 2 is 1.18 bits per heavy atom. The fraction of sp³-hybridized carbons (Fsp3) is 0. The first-order chi connectivity index (χ1) is 19.3. The van der Waals surface area contributed by atoms with E-state index in [-0.39, 0.29) is 0 Å². The number of thiophene rings is 2. The maximum absolute atomic E-state index is 5.34. The van der Waals surface area contributed by atoms with Gasteiger partial charge in [-0.1, -0.05) is 72.8 Å². The van der Waals surface area contributed by atoms with Crippen LogP contribution in [0.2, 0.25) is 0 Å². The van der Waals surface area contributed by atoms with E-state index >= 15 is 0 Å². The highest BCUT2D eigenvalue weighted by Gasteiger charge is 2.24. The van der Waals surface area contributed by atoms with Crippen molar-refractivity contribution < 1.29 is 0 Å². The Bertz CT molecular complexity index is 2310. The quantitative estimate of drug-likeness (QED) is 0.208. The minimum atomic E-state index is 0.673. The third-order valence-electron chi connectivity index (χ3n) is 7.48. The number of aromatic nitrogens is 4. The van der Waals surface area contributed by atoms with Gasteiger partial charge in [0.25, 0.3) is 0 Å². The first kappa shape index (κ1) is 21.3. The summed E-state index contributed by atoms with van der Waals surface area (Å²) in [6.45, 7) is 0. The van der Waals surface area contributed by atoms with Crippen molar-refractivity contribution in [1.82, 2.24) is 19.5 Å². The van der Waals surface area contributed by atoms with Gasteiger partial charge in [0.1, 0.15) is 5.69 Å². The normalized spacial score (nSPS) is 12.1. The van der Waals surface area contributed by atoms with Crippen LogP contribution in [0, 0.1) is 0 Å². The van der Waals surface area contributed by atoms with Crippen molar-refractivity contribution in [1.29, 1.82) is 0 Å². The number of nitrogens with zero attached hydrogens (tertiary/aromatic N) is 4. The van der Waals surface area contributed by atoms with E-state index in [1.165, 1.54) is 40.6 Å². The number of fused-ring (bicyclic) bond motifs is 10. The summed E-state index contributed by atoms with van der Waals surface area (Å²) in [5.74, 6) is 0.673. The smallest absolute Gasteiger partial charge is 0.235 e. The minimum Gasteiger partial charge on any atom is -0.275 e. The van der Waals surface area contributed by atoms with Gasteiger partial charge >= 0.3 is 0 Å². The molecule has 182 valence electrons. The highest BCUT2D eigenvalue weighted by Crippen LogP contribution is 2.48. The van der Waals surface area contributed by atoms with Gasteiger partial charge in [-0.15, -0.1) is 22.7 Å². The Hall–Kier alpha value is -4.65. The van der Waals surface area contributed by atoms with Gasteiger partial charge in [-0.05, 0) is 35.7 Å². The lowest BCUT2D eigenvalue weighted by Gasteiger charge is -2.12. The average molecular weight is 535 g/mol. The zero-order chi connectivity index (χ0) is 25.5. The fourth-order valence-corrected chi connectivity index (χ4v) is 8.28. The molecule has 0 radical (unpaired) electrons. The van der Waals surface area contributed by atoms with Gasteiger partial charge in [-0.25, -0.2) is 9.97 Å². The SMILES string of the molecule is c1ccc(-c2nc(-n3c4c5ccccc5sc4c4sc5ccccc5c43)nc3c2ccc2ccccc23)nc1. The molecular formula is C33H18N4S2. The van der Waals surface area contributed by atoms with Gasteiger partial charge in [0.15, 0.2) is 0 Å². The van der Waals surface area contributed by atoms with Crippen molar-refractivity contribution in [3.05, 3.63) is 109 Å². The molecule has 0 fully saturated rings. The molecule has 0 unspecified atom stereocenters. The van der Waals surface area contributed by atoms with Crippen LogP contribution in [0.4, 0.5) is 0 Å². The summed E-state index contributed by atoms with van der Waals surface area (Å²) in [4.78, 5) is 15.3. The molecule has 39 heavy (non-hydrogen) atoms.